The van der Waals surface area contributed by atoms with Crippen LogP contribution in [-0.2, 0) is 0 Å². The lowest BCUT2D eigenvalue weighted by Gasteiger charge is -2.15. The van der Waals surface area contributed by atoms with E-state index >= 15 is 0 Å². The summed E-state index contributed by atoms with van der Waals surface area (Å²) in [6.07, 6.45) is 9.16. The van der Waals surface area contributed by atoms with Gasteiger partial charge in [-0.2, -0.15) is 11.3 Å². The quantitative estimate of drug-likeness (QED) is 0.486. The first-order chi connectivity index (χ1) is 7.67. The Bertz CT molecular complexity index is 299. The molecule has 90 valence electrons. The summed E-state index contributed by atoms with van der Waals surface area (Å²) in [6.45, 7) is 7.13. The van der Waals surface area contributed by atoms with Crippen molar-refractivity contribution in [2.45, 2.75) is 52.1 Å². The van der Waals surface area contributed by atoms with E-state index in [-0.39, 0.29) is 0 Å². The summed E-state index contributed by atoms with van der Waals surface area (Å²) in [5, 5.41) is 2.19. The molecule has 0 aliphatic heterocycles. The van der Waals surface area contributed by atoms with Gasteiger partial charge in [0.2, 0.25) is 0 Å². The molecule has 0 aliphatic carbocycles. The molecular weight excluding hydrogens is 228 g/mol. The first kappa shape index (κ1) is 13.7. The molecule has 0 spiro atoms. The van der Waals surface area contributed by atoms with E-state index < -0.39 is 8.07 Å². The van der Waals surface area contributed by atoms with Gasteiger partial charge in [-0.15, -0.1) is 0 Å². The van der Waals surface area contributed by atoms with Crippen molar-refractivity contribution < 1.29 is 0 Å². The Balaban J connectivity index is 2.32. The maximum atomic E-state index is 2.50. The minimum absolute atomic E-state index is 1.26. The van der Waals surface area contributed by atoms with Gasteiger partial charge in [-0.25, -0.2) is 0 Å². The highest BCUT2D eigenvalue weighted by Gasteiger charge is 2.20. The predicted octanol–water partition coefficient (Wildman–Crippen LogP) is 4.73. The second-order valence-electron chi connectivity index (χ2n) is 4.95. The Morgan fingerprint density at radius 2 is 2.06 bits per heavy atom. The van der Waals surface area contributed by atoms with Crippen molar-refractivity contribution >= 4 is 23.9 Å². The first-order valence-electron chi connectivity index (χ1n) is 6.38. The van der Waals surface area contributed by atoms with Crippen LogP contribution in [0.25, 0.3) is 0 Å². The molecule has 1 heterocycles. The highest BCUT2D eigenvalue weighted by molar-refractivity contribution is 7.26. The van der Waals surface area contributed by atoms with Crippen molar-refractivity contribution in [1.82, 2.24) is 0 Å². The van der Waals surface area contributed by atoms with Crippen LogP contribution in [0, 0.1) is 0 Å². The maximum absolute atomic E-state index is 2.50. The summed E-state index contributed by atoms with van der Waals surface area (Å²) in [5.74, 6) is 0. The van der Waals surface area contributed by atoms with Gasteiger partial charge >= 0.3 is 0 Å². The number of unbranched alkanes of at least 4 members (excludes halogenated alkanes) is 4. The minimum atomic E-state index is -1.26. The molecule has 1 aromatic heterocycles. The number of allylic oxidation sites excluding steroid dienone is 1. The van der Waals surface area contributed by atoms with Crippen LogP contribution < -0.4 is 4.50 Å². The predicted molar refractivity (Wildman–Crippen MR) is 79.3 cm³/mol. The Hall–Kier alpha value is -0.343. The molecule has 0 amide bonds. The summed E-state index contributed by atoms with van der Waals surface area (Å²) in [6, 6.07) is 4.46. The Labute approximate surface area is 105 Å². The van der Waals surface area contributed by atoms with Gasteiger partial charge in [0.05, 0.1) is 0 Å². The molecule has 16 heavy (non-hydrogen) atoms. The van der Waals surface area contributed by atoms with Gasteiger partial charge < -0.3 is 0 Å². The number of hydrogen-bond donors (Lipinski definition) is 0. The molecule has 0 aromatic carbocycles. The molecule has 0 bridgehead atoms. The van der Waals surface area contributed by atoms with Crippen LogP contribution in [0.2, 0.25) is 13.1 Å². The highest BCUT2D eigenvalue weighted by atomic mass is 32.1. The van der Waals surface area contributed by atoms with Crippen molar-refractivity contribution in [1.29, 1.82) is 0 Å². The zero-order valence-electron chi connectivity index (χ0n) is 10.8. The average molecular weight is 252 g/mol. The second kappa shape index (κ2) is 7.07. The number of hydrogen-bond acceptors (Lipinski definition) is 1. The van der Waals surface area contributed by atoms with Gasteiger partial charge in [0.25, 0.3) is 0 Å². The summed E-state index contributed by atoms with van der Waals surface area (Å²) in [4.78, 5) is 0. The van der Waals surface area contributed by atoms with E-state index in [1.807, 2.05) is 11.3 Å². The molecule has 0 saturated carbocycles. The van der Waals surface area contributed by atoms with Crippen molar-refractivity contribution in [2.75, 3.05) is 0 Å². The molecule has 0 fully saturated rings. The van der Waals surface area contributed by atoms with E-state index in [1.54, 1.807) is 4.50 Å². The van der Waals surface area contributed by atoms with E-state index in [2.05, 4.69) is 49.3 Å². The van der Waals surface area contributed by atoms with Crippen LogP contribution in [0.15, 0.2) is 29.3 Å². The average Bonchev–Trinajstić information content (AvgIpc) is 2.77. The molecule has 0 saturated heterocycles. The van der Waals surface area contributed by atoms with Crippen LogP contribution in [0.3, 0.4) is 0 Å². The van der Waals surface area contributed by atoms with Gasteiger partial charge in [-0.3, -0.25) is 0 Å². The summed E-state index contributed by atoms with van der Waals surface area (Å²) in [7, 11) is -1.26. The first-order valence-corrected chi connectivity index (χ1v) is 10.3. The van der Waals surface area contributed by atoms with Gasteiger partial charge in [0.1, 0.15) is 8.07 Å². The largest absolute Gasteiger partial charge is 0.153 e. The second-order valence-corrected chi connectivity index (χ2v) is 10.6. The van der Waals surface area contributed by atoms with Crippen molar-refractivity contribution in [3.8, 4) is 0 Å². The van der Waals surface area contributed by atoms with Crippen molar-refractivity contribution in [3.63, 3.8) is 0 Å². The third-order valence-electron chi connectivity index (χ3n) is 2.92. The maximum Gasteiger partial charge on any atom is 0.116 e. The molecule has 0 radical (unpaired) electrons. The third kappa shape index (κ3) is 4.66. The van der Waals surface area contributed by atoms with Crippen molar-refractivity contribution in [2.24, 2.45) is 0 Å². The molecular formula is C14H24SSi. The Morgan fingerprint density at radius 1 is 1.25 bits per heavy atom. The summed E-state index contributed by atoms with van der Waals surface area (Å²) < 4.78 is 1.59. The lowest BCUT2D eigenvalue weighted by Crippen LogP contribution is -2.37. The minimum Gasteiger partial charge on any atom is -0.153 e. The van der Waals surface area contributed by atoms with Gasteiger partial charge in [-0.05, 0) is 22.7 Å². The molecule has 1 rings (SSSR count). The molecule has 0 atom stereocenters. The normalized spacial score (nSPS) is 12.4. The zero-order chi connectivity index (χ0) is 11.9. The van der Waals surface area contributed by atoms with Crippen molar-refractivity contribution in [3.05, 3.63) is 29.3 Å². The van der Waals surface area contributed by atoms with E-state index in [1.165, 1.54) is 32.1 Å². The third-order valence-corrected chi connectivity index (χ3v) is 8.04. The Kier molecular flexibility index (Phi) is 6.07. The molecule has 1 aromatic rings. The van der Waals surface area contributed by atoms with Gasteiger partial charge in [0.15, 0.2) is 0 Å². The number of thiophene rings is 1. The smallest absolute Gasteiger partial charge is 0.116 e. The van der Waals surface area contributed by atoms with Crippen LogP contribution in [0.1, 0.15) is 39.0 Å². The monoisotopic (exact) mass is 252 g/mol. The van der Waals surface area contributed by atoms with Crippen LogP contribution in [0.4, 0.5) is 0 Å². The fourth-order valence-corrected chi connectivity index (χ4v) is 5.32. The van der Waals surface area contributed by atoms with Crippen LogP contribution in [0.5, 0.6) is 0 Å². The van der Waals surface area contributed by atoms with Gasteiger partial charge in [-0.1, -0.05) is 63.2 Å². The fourth-order valence-electron chi connectivity index (χ4n) is 1.79. The summed E-state index contributed by atoms with van der Waals surface area (Å²) in [5.41, 5.74) is 2.50. The summed E-state index contributed by atoms with van der Waals surface area (Å²) >= 11 is 1.91. The topological polar surface area (TPSA) is 0 Å². The SMILES string of the molecule is CCCCCC/C=C/[Si](C)(C)c1cccs1. The van der Waals surface area contributed by atoms with Crippen LogP contribution in [-0.4, -0.2) is 8.07 Å². The van der Waals surface area contributed by atoms with E-state index in [9.17, 15) is 0 Å². The van der Waals surface area contributed by atoms with Gasteiger partial charge in [0, 0.05) is 0 Å². The molecule has 0 unspecified atom stereocenters. The lowest BCUT2D eigenvalue weighted by molar-refractivity contribution is 0.674. The molecule has 0 nitrogen and oxygen atoms in total. The van der Waals surface area contributed by atoms with E-state index in [0.29, 0.717) is 0 Å². The molecule has 0 aliphatic rings. The molecule has 0 N–H and O–H groups in total. The standard InChI is InChI=1S/C14H24SSi/c1-4-5-6-7-8-9-13-16(2,3)14-11-10-12-15-14/h9-13H,4-8H2,1-3H3/b13-9+. The fraction of sp³-hybridized carbons (Fsp3) is 0.571. The lowest BCUT2D eigenvalue weighted by atomic mass is 10.2. The van der Waals surface area contributed by atoms with E-state index in [0.717, 1.165) is 0 Å². The zero-order valence-corrected chi connectivity index (χ0v) is 12.6. The highest BCUT2D eigenvalue weighted by Crippen LogP contribution is 2.11. The van der Waals surface area contributed by atoms with Crippen LogP contribution >= 0.6 is 11.3 Å². The molecule has 2 heteroatoms. The Morgan fingerprint density at radius 3 is 2.69 bits per heavy atom. The number of rotatable bonds is 7. The van der Waals surface area contributed by atoms with E-state index in [4.69, 9.17) is 0 Å².